The second-order valence-corrected chi connectivity index (χ2v) is 4.42. The number of hydrogen-bond acceptors (Lipinski definition) is 4. The van der Waals surface area contributed by atoms with Crippen LogP contribution in [-0.4, -0.2) is 54.3 Å². The van der Waals surface area contributed by atoms with Crippen LogP contribution in [0.5, 0.6) is 0 Å². The summed E-state index contributed by atoms with van der Waals surface area (Å²) in [6.45, 7) is 6.28. The molecule has 0 spiro atoms. The van der Waals surface area contributed by atoms with Crippen molar-refractivity contribution in [1.29, 1.82) is 5.26 Å². The summed E-state index contributed by atoms with van der Waals surface area (Å²) in [6, 6.07) is 1.92. The molecule has 0 aromatic rings. The Balaban J connectivity index is 2.56. The first-order valence-corrected chi connectivity index (χ1v) is 6.48. The van der Waals surface area contributed by atoms with E-state index in [9.17, 15) is 9.59 Å². The summed E-state index contributed by atoms with van der Waals surface area (Å²) in [7, 11) is 0. The third-order valence-electron chi connectivity index (χ3n) is 3.00. The van der Waals surface area contributed by atoms with Crippen LogP contribution in [0.3, 0.4) is 0 Å². The normalized spacial score (nSPS) is 15.9. The molecule has 104 valence electrons. The average Bonchev–Trinajstić information content (AvgIpc) is 2.43. The smallest absolute Gasteiger partial charge is 0.266 e. The lowest BCUT2D eigenvalue weighted by molar-refractivity contribution is -0.136. The highest BCUT2D eigenvalue weighted by Gasteiger charge is 2.24. The highest BCUT2D eigenvalue weighted by atomic mass is 16.2. The molecule has 0 atom stereocenters. The van der Waals surface area contributed by atoms with E-state index in [2.05, 4.69) is 5.32 Å². The van der Waals surface area contributed by atoms with Gasteiger partial charge in [0.05, 0.1) is 0 Å². The zero-order chi connectivity index (χ0) is 14.3. The summed E-state index contributed by atoms with van der Waals surface area (Å²) in [5.74, 6) is -0.248. The van der Waals surface area contributed by atoms with E-state index in [4.69, 9.17) is 5.26 Å². The molecular weight excluding hydrogens is 244 g/mol. The number of rotatable bonds is 4. The first-order valence-electron chi connectivity index (χ1n) is 6.48. The number of amides is 2. The maximum absolute atomic E-state index is 12.1. The third-order valence-corrected chi connectivity index (χ3v) is 3.00. The standard InChI is InChI=1S/C13H20N4O2/c1-3-4-15-10-12(9-14)13(19)17-7-5-16(6-8-17)11(2)18/h10,15H,3-8H2,1-2H3/b12-10-. The van der Waals surface area contributed by atoms with Crippen LogP contribution in [0.25, 0.3) is 0 Å². The third kappa shape index (κ3) is 4.28. The molecule has 0 aromatic carbocycles. The number of hydrogen-bond donors (Lipinski definition) is 1. The van der Waals surface area contributed by atoms with Gasteiger partial charge in [-0.05, 0) is 6.42 Å². The Morgan fingerprint density at radius 1 is 1.26 bits per heavy atom. The SMILES string of the molecule is CCCN/C=C(/C#N)C(=O)N1CCN(C(C)=O)CC1. The van der Waals surface area contributed by atoms with Crippen molar-refractivity contribution in [2.24, 2.45) is 0 Å². The van der Waals surface area contributed by atoms with E-state index in [-0.39, 0.29) is 17.4 Å². The van der Waals surface area contributed by atoms with Crippen molar-refractivity contribution in [3.63, 3.8) is 0 Å². The highest BCUT2D eigenvalue weighted by molar-refractivity contribution is 5.97. The second kappa shape index (κ2) is 7.41. The molecule has 0 radical (unpaired) electrons. The van der Waals surface area contributed by atoms with Gasteiger partial charge in [-0.3, -0.25) is 9.59 Å². The van der Waals surface area contributed by atoms with E-state index in [1.165, 1.54) is 13.1 Å². The van der Waals surface area contributed by atoms with Crippen LogP contribution in [0.1, 0.15) is 20.3 Å². The molecule has 0 unspecified atom stereocenters. The van der Waals surface area contributed by atoms with E-state index in [0.29, 0.717) is 26.2 Å². The Labute approximate surface area is 113 Å². The Hall–Kier alpha value is -2.03. The zero-order valence-electron chi connectivity index (χ0n) is 11.5. The van der Waals surface area contributed by atoms with E-state index >= 15 is 0 Å². The number of nitrogens with one attached hydrogen (secondary N) is 1. The van der Waals surface area contributed by atoms with Gasteiger partial charge >= 0.3 is 0 Å². The summed E-state index contributed by atoms with van der Waals surface area (Å²) in [6.07, 6.45) is 2.41. The number of nitrogens with zero attached hydrogens (tertiary/aromatic N) is 3. The molecule has 2 amide bonds. The van der Waals surface area contributed by atoms with Gasteiger partial charge < -0.3 is 15.1 Å². The molecule has 1 saturated heterocycles. The largest absolute Gasteiger partial charge is 0.390 e. The molecule has 1 aliphatic rings. The van der Waals surface area contributed by atoms with Gasteiger partial charge in [0.1, 0.15) is 11.6 Å². The summed E-state index contributed by atoms with van der Waals surface area (Å²) in [5, 5.41) is 11.9. The van der Waals surface area contributed by atoms with Crippen molar-refractivity contribution in [1.82, 2.24) is 15.1 Å². The van der Waals surface area contributed by atoms with Crippen LogP contribution in [-0.2, 0) is 9.59 Å². The van der Waals surface area contributed by atoms with Crippen LogP contribution in [0.2, 0.25) is 0 Å². The maximum atomic E-state index is 12.1. The minimum Gasteiger partial charge on any atom is -0.390 e. The van der Waals surface area contributed by atoms with Crippen molar-refractivity contribution in [3.8, 4) is 6.07 Å². The van der Waals surface area contributed by atoms with Gasteiger partial charge in [-0.1, -0.05) is 6.92 Å². The molecule has 6 heteroatoms. The Morgan fingerprint density at radius 3 is 2.32 bits per heavy atom. The highest BCUT2D eigenvalue weighted by Crippen LogP contribution is 2.06. The van der Waals surface area contributed by atoms with Gasteiger partial charge in [0.2, 0.25) is 5.91 Å². The van der Waals surface area contributed by atoms with Gasteiger partial charge in [0.15, 0.2) is 0 Å². The molecule has 0 aromatic heterocycles. The summed E-state index contributed by atoms with van der Waals surface area (Å²) in [5.41, 5.74) is 0.115. The fraction of sp³-hybridized carbons (Fsp3) is 0.615. The summed E-state index contributed by atoms with van der Waals surface area (Å²) in [4.78, 5) is 26.6. The molecule has 0 bridgehead atoms. The number of carbonyl (C=O) groups is 2. The quantitative estimate of drug-likeness (QED) is 0.443. The molecule has 1 N–H and O–H groups in total. The van der Waals surface area contributed by atoms with Crippen LogP contribution < -0.4 is 5.32 Å². The molecule has 1 aliphatic heterocycles. The van der Waals surface area contributed by atoms with E-state index < -0.39 is 0 Å². The van der Waals surface area contributed by atoms with Gasteiger partial charge in [0, 0.05) is 45.8 Å². The topological polar surface area (TPSA) is 76.4 Å². The summed E-state index contributed by atoms with van der Waals surface area (Å²) >= 11 is 0. The van der Waals surface area contributed by atoms with E-state index in [1.807, 2.05) is 13.0 Å². The molecule has 1 heterocycles. The van der Waals surface area contributed by atoms with Crippen molar-refractivity contribution in [2.75, 3.05) is 32.7 Å². The predicted octanol–water partition coefficient (Wildman–Crippen LogP) is 0.0842. The van der Waals surface area contributed by atoms with Gasteiger partial charge in [-0.15, -0.1) is 0 Å². The fourth-order valence-corrected chi connectivity index (χ4v) is 1.86. The minimum atomic E-state index is -0.269. The molecule has 1 fully saturated rings. The molecular formula is C13H20N4O2. The second-order valence-electron chi connectivity index (χ2n) is 4.42. The van der Waals surface area contributed by atoms with Crippen molar-refractivity contribution in [3.05, 3.63) is 11.8 Å². The van der Waals surface area contributed by atoms with Crippen molar-refractivity contribution in [2.45, 2.75) is 20.3 Å². The van der Waals surface area contributed by atoms with Crippen LogP contribution in [0, 0.1) is 11.3 Å². The van der Waals surface area contributed by atoms with Crippen LogP contribution in [0.4, 0.5) is 0 Å². The lowest BCUT2D eigenvalue weighted by Crippen LogP contribution is -2.50. The number of piperazine rings is 1. The monoisotopic (exact) mass is 264 g/mol. The maximum Gasteiger partial charge on any atom is 0.266 e. The molecule has 1 rings (SSSR count). The van der Waals surface area contributed by atoms with Crippen molar-refractivity contribution >= 4 is 11.8 Å². The van der Waals surface area contributed by atoms with Crippen molar-refractivity contribution < 1.29 is 9.59 Å². The van der Waals surface area contributed by atoms with E-state index in [0.717, 1.165) is 13.0 Å². The Morgan fingerprint density at radius 2 is 1.84 bits per heavy atom. The minimum absolute atomic E-state index is 0.0211. The lowest BCUT2D eigenvalue weighted by Gasteiger charge is -2.34. The molecule has 6 nitrogen and oxygen atoms in total. The predicted molar refractivity (Wildman–Crippen MR) is 70.8 cm³/mol. The summed E-state index contributed by atoms with van der Waals surface area (Å²) < 4.78 is 0. The Bertz CT molecular complexity index is 403. The van der Waals surface area contributed by atoms with Gasteiger partial charge in [-0.2, -0.15) is 5.26 Å². The first-order chi connectivity index (χ1) is 9.10. The zero-order valence-corrected chi connectivity index (χ0v) is 11.5. The van der Waals surface area contributed by atoms with Crippen LogP contribution in [0.15, 0.2) is 11.8 Å². The first kappa shape index (κ1) is 15.0. The lowest BCUT2D eigenvalue weighted by atomic mass is 10.2. The molecule has 19 heavy (non-hydrogen) atoms. The van der Waals surface area contributed by atoms with Gasteiger partial charge in [0.25, 0.3) is 5.91 Å². The van der Waals surface area contributed by atoms with Crippen LogP contribution >= 0.6 is 0 Å². The molecule has 0 aliphatic carbocycles. The molecule has 0 saturated carbocycles. The fourth-order valence-electron chi connectivity index (χ4n) is 1.86. The van der Waals surface area contributed by atoms with E-state index in [1.54, 1.807) is 9.80 Å². The van der Waals surface area contributed by atoms with Gasteiger partial charge in [-0.25, -0.2) is 0 Å². The number of nitriles is 1. The number of carbonyl (C=O) groups excluding carboxylic acids is 2. The Kier molecular flexibility index (Phi) is 5.86. The average molecular weight is 264 g/mol.